The van der Waals surface area contributed by atoms with Crippen molar-refractivity contribution >= 4 is 15.9 Å². The minimum Gasteiger partial charge on any atom is -0.424 e. The maximum absolute atomic E-state index is 12.5. The molecule has 0 heterocycles. The summed E-state index contributed by atoms with van der Waals surface area (Å²) in [5.74, 6) is -5.76. The van der Waals surface area contributed by atoms with Gasteiger partial charge in [0, 0.05) is 28.1 Å². The average molecular weight is 277 g/mol. The van der Waals surface area contributed by atoms with E-state index in [1.54, 1.807) is 15.9 Å². The van der Waals surface area contributed by atoms with E-state index in [2.05, 4.69) is 4.74 Å². The topological polar surface area (TPSA) is 9.23 Å². The normalized spacial score (nSPS) is 11.6. The van der Waals surface area contributed by atoms with Crippen molar-refractivity contribution in [3.8, 4) is 5.75 Å². The van der Waals surface area contributed by atoms with E-state index in [4.69, 9.17) is 0 Å². The number of benzene rings is 1. The van der Waals surface area contributed by atoms with Crippen LogP contribution in [0, 0.1) is 17.5 Å². The van der Waals surface area contributed by atoms with Crippen LogP contribution in [0.15, 0.2) is 12.1 Å². The van der Waals surface area contributed by atoms with E-state index >= 15 is 0 Å². The lowest BCUT2D eigenvalue weighted by molar-refractivity contribution is -0.0806. The Morgan fingerprint density at radius 1 is 1.07 bits per heavy atom. The van der Waals surface area contributed by atoms with Gasteiger partial charge in [-0.1, -0.05) is 0 Å². The summed E-state index contributed by atoms with van der Waals surface area (Å²) in [5.41, 5.74) is 0. The second-order valence-electron chi connectivity index (χ2n) is 2.25. The van der Waals surface area contributed by atoms with Gasteiger partial charge in [0.05, 0.1) is 0 Å². The molecule has 0 aliphatic heterocycles. The van der Waals surface area contributed by atoms with E-state index in [0.717, 1.165) is 0 Å². The first-order valence-corrected chi connectivity index (χ1v) is 3.99. The number of ether oxygens (including phenoxy) is 1. The summed E-state index contributed by atoms with van der Waals surface area (Å²) < 4.78 is 65.3. The Labute approximate surface area is 83.6 Å². The van der Waals surface area contributed by atoms with E-state index in [1.807, 2.05) is 0 Å². The Bertz CT molecular complexity index is 325. The quantitative estimate of drug-likeness (QED) is 0.457. The van der Waals surface area contributed by atoms with E-state index in [-0.39, 0.29) is 0 Å². The van der Waals surface area contributed by atoms with Crippen LogP contribution in [-0.4, -0.2) is 5.02 Å². The molecule has 1 aromatic rings. The van der Waals surface area contributed by atoms with Gasteiger partial charge in [-0.15, -0.1) is 0 Å². The molecule has 0 saturated carbocycles. The van der Waals surface area contributed by atoms with Gasteiger partial charge in [0.25, 0.3) is 0 Å². The van der Waals surface area contributed by atoms with Crippen molar-refractivity contribution in [3.05, 3.63) is 29.6 Å². The Balaban J connectivity index is 3.02. The molecule has 0 aliphatic rings. The third-order valence-electron chi connectivity index (χ3n) is 1.19. The second kappa shape index (κ2) is 3.72. The van der Waals surface area contributed by atoms with Crippen molar-refractivity contribution in [2.24, 2.45) is 0 Å². The van der Waals surface area contributed by atoms with Gasteiger partial charge in [0.15, 0.2) is 17.5 Å². The van der Waals surface area contributed by atoms with Crippen LogP contribution in [0.2, 0.25) is 0 Å². The molecule has 0 spiro atoms. The van der Waals surface area contributed by atoms with E-state index in [9.17, 15) is 22.0 Å². The van der Waals surface area contributed by atoms with Crippen molar-refractivity contribution in [3.63, 3.8) is 0 Å². The monoisotopic (exact) mass is 276 g/mol. The number of halogens is 6. The van der Waals surface area contributed by atoms with Gasteiger partial charge >= 0.3 is 5.02 Å². The first-order chi connectivity index (χ1) is 6.29. The molecule has 0 aromatic heterocycles. The fourth-order valence-corrected chi connectivity index (χ4v) is 0.912. The van der Waals surface area contributed by atoms with Crippen LogP contribution in [0.25, 0.3) is 0 Å². The fourth-order valence-electron chi connectivity index (χ4n) is 0.725. The van der Waals surface area contributed by atoms with Gasteiger partial charge in [-0.05, 0) is 0 Å². The van der Waals surface area contributed by atoms with Crippen LogP contribution < -0.4 is 4.74 Å². The SMILES string of the molecule is Fc1cc(OC(F)(F)Br)cc(F)c1F. The molecule has 0 N–H and O–H groups in total. The molecule has 0 atom stereocenters. The van der Waals surface area contributed by atoms with E-state index in [1.165, 1.54) is 0 Å². The molecular weight excluding hydrogens is 275 g/mol. The molecule has 0 fully saturated rings. The summed E-state index contributed by atoms with van der Waals surface area (Å²) in [6.07, 6.45) is 0. The molecule has 0 aliphatic carbocycles. The van der Waals surface area contributed by atoms with Crippen LogP contribution in [0.1, 0.15) is 0 Å². The number of rotatable bonds is 2. The van der Waals surface area contributed by atoms with Gasteiger partial charge in [-0.25, -0.2) is 13.2 Å². The van der Waals surface area contributed by atoms with Crippen LogP contribution in [0.4, 0.5) is 22.0 Å². The summed E-state index contributed by atoms with van der Waals surface area (Å²) in [4.78, 5) is 0. The average Bonchev–Trinajstić information content (AvgIpc) is 1.96. The van der Waals surface area contributed by atoms with Gasteiger partial charge in [-0.2, -0.15) is 8.78 Å². The summed E-state index contributed by atoms with van der Waals surface area (Å²) in [6, 6.07) is 0.626. The van der Waals surface area contributed by atoms with Crippen LogP contribution in [-0.2, 0) is 0 Å². The highest BCUT2D eigenvalue weighted by atomic mass is 79.9. The molecule has 14 heavy (non-hydrogen) atoms. The molecule has 0 unspecified atom stereocenters. The summed E-state index contributed by atoms with van der Waals surface area (Å²) >= 11 is 1.79. The highest BCUT2D eigenvalue weighted by molar-refractivity contribution is 9.09. The lowest BCUT2D eigenvalue weighted by Crippen LogP contribution is -2.15. The van der Waals surface area contributed by atoms with Crippen molar-refractivity contribution in [2.45, 2.75) is 5.02 Å². The minimum absolute atomic E-state index is 0.313. The second-order valence-corrected chi connectivity index (χ2v) is 3.17. The molecule has 1 rings (SSSR count). The maximum Gasteiger partial charge on any atom is 0.459 e. The molecule has 7 heteroatoms. The standard InChI is InChI=1S/C7H2BrF5O/c8-7(12,13)14-3-1-4(9)6(11)5(10)2-3/h1-2H. The molecule has 0 radical (unpaired) electrons. The lowest BCUT2D eigenvalue weighted by atomic mass is 10.3. The van der Waals surface area contributed by atoms with Crippen molar-refractivity contribution in [2.75, 3.05) is 0 Å². The van der Waals surface area contributed by atoms with Crippen molar-refractivity contribution in [1.82, 2.24) is 0 Å². The molecule has 78 valence electrons. The summed E-state index contributed by atoms with van der Waals surface area (Å²) in [6.45, 7) is 0. The van der Waals surface area contributed by atoms with Gasteiger partial charge in [-0.3, -0.25) is 0 Å². The molecule has 1 aromatic carbocycles. The molecular formula is C7H2BrF5O. The highest BCUT2D eigenvalue weighted by Crippen LogP contribution is 2.28. The predicted molar refractivity (Wildman–Crippen MR) is 40.8 cm³/mol. The highest BCUT2D eigenvalue weighted by Gasteiger charge is 2.27. The Morgan fingerprint density at radius 2 is 1.50 bits per heavy atom. The van der Waals surface area contributed by atoms with Crippen LogP contribution >= 0.6 is 15.9 Å². The van der Waals surface area contributed by atoms with Crippen LogP contribution in [0.3, 0.4) is 0 Å². The first-order valence-electron chi connectivity index (χ1n) is 3.20. The fraction of sp³-hybridized carbons (Fsp3) is 0.143. The molecule has 0 bridgehead atoms. The van der Waals surface area contributed by atoms with E-state index < -0.39 is 28.2 Å². The third kappa shape index (κ3) is 2.83. The zero-order valence-corrected chi connectivity index (χ0v) is 7.92. The third-order valence-corrected chi connectivity index (χ3v) is 1.35. The number of alkyl halides is 3. The number of hydrogen-bond donors (Lipinski definition) is 0. The summed E-state index contributed by atoms with van der Waals surface area (Å²) in [7, 11) is 0. The Hall–Kier alpha value is -0.850. The molecule has 0 saturated heterocycles. The Morgan fingerprint density at radius 3 is 1.86 bits per heavy atom. The predicted octanol–water partition coefficient (Wildman–Crippen LogP) is 3.43. The van der Waals surface area contributed by atoms with Gasteiger partial charge in [0.1, 0.15) is 5.75 Å². The van der Waals surface area contributed by atoms with E-state index in [0.29, 0.717) is 12.1 Å². The first kappa shape index (κ1) is 11.2. The Kier molecular flexibility index (Phi) is 2.98. The smallest absolute Gasteiger partial charge is 0.424 e. The van der Waals surface area contributed by atoms with Crippen LogP contribution in [0.5, 0.6) is 5.75 Å². The molecule has 0 amide bonds. The van der Waals surface area contributed by atoms with Gasteiger partial charge < -0.3 is 4.74 Å². The zero-order chi connectivity index (χ0) is 10.9. The summed E-state index contributed by atoms with van der Waals surface area (Å²) in [5, 5.41) is -3.76. The van der Waals surface area contributed by atoms with Crippen molar-refractivity contribution < 1.29 is 26.7 Å². The van der Waals surface area contributed by atoms with Crippen molar-refractivity contribution in [1.29, 1.82) is 0 Å². The van der Waals surface area contributed by atoms with Gasteiger partial charge in [0.2, 0.25) is 0 Å². The maximum atomic E-state index is 12.5. The lowest BCUT2D eigenvalue weighted by Gasteiger charge is -2.11. The zero-order valence-electron chi connectivity index (χ0n) is 6.33. The molecule has 1 nitrogen and oxygen atoms in total. The largest absolute Gasteiger partial charge is 0.459 e. The number of hydrogen-bond acceptors (Lipinski definition) is 1. The minimum atomic E-state index is -3.76.